The predicted octanol–water partition coefficient (Wildman–Crippen LogP) is 1.06. The summed E-state index contributed by atoms with van der Waals surface area (Å²) in [4.78, 5) is 11.6. The molecule has 1 atom stereocenters. The summed E-state index contributed by atoms with van der Waals surface area (Å²) < 4.78 is 18.8. The Hall–Kier alpha value is -1.62. The summed E-state index contributed by atoms with van der Waals surface area (Å²) in [5.41, 5.74) is 4.55. The minimum atomic E-state index is -0.901. The third-order valence-corrected chi connectivity index (χ3v) is 3.45. The summed E-state index contributed by atoms with van der Waals surface area (Å²) in [6, 6.07) is 6.12. The van der Waals surface area contributed by atoms with Crippen LogP contribution in [0.3, 0.4) is 0 Å². The highest BCUT2D eigenvalue weighted by molar-refractivity contribution is 5.85. The first-order chi connectivity index (χ1) is 8.60. The number of hydrogen-bond acceptors (Lipinski definition) is 3. The Bertz CT molecular complexity index is 448. The molecule has 1 aliphatic carbocycles. The highest BCUT2D eigenvalue weighted by Crippen LogP contribution is 2.39. The summed E-state index contributed by atoms with van der Waals surface area (Å²) in [5, 5.41) is 2.94. The first kappa shape index (κ1) is 12.8. The largest absolute Gasteiger partial charge is 0.488 e. The van der Waals surface area contributed by atoms with Crippen LogP contribution in [0.2, 0.25) is 0 Å². The van der Waals surface area contributed by atoms with Crippen molar-refractivity contribution in [2.24, 2.45) is 11.7 Å². The molecule has 18 heavy (non-hydrogen) atoms. The number of likely N-dealkylation sites (N-methyl/N-ethyl adjacent to an activating group) is 1. The Labute approximate surface area is 105 Å². The smallest absolute Gasteiger partial charge is 0.241 e. The van der Waals surface area contributed by atoms with Crippen LogP contribution in [0.5, 0.6) is 5.75 Å². The molecule has 1 amide bonds. The molecule has 1 saturated carbocycles. The summed E-state index contributed by atoms with van der Waals surface area (Å²) in [6.07, 6.45) is 1.87. The Morgan fingerprint density at radius 1 is 1.56 bits per heavy atom. The second kappa shape index (κ2) is 4.94. The average molecular weight is 252 g/mol. The molecule has 98 valence electrons. The van der Waals surface area contributed by atoms with Crippen LogP contribution in [0, 0.1) is 11.7 Å². The molecule has 1 aromatic rings. The van der Waals surface area contributed by atoms with Gasteiger partial charge in [-0.25, -0.2) is 4.39 Å². The monoisotopic (exact) mass is 252 g/mol. The van der Waals surface area contributed by atoms with Crippen LogP contribution < -0.4 is 15.8 Å². The van der Waals surface area contributed by atoms with Crippen molar-refractivity contribution in [1.29, 1.82) is 0 Å². The highest BCUT2D eigenvalue weighted by atomic mass is 19.1. The molecule has 2 rings (SSSR count). The number of primary amides is 1. The minimum absolute atomic E-state index is 0.0461. The van der Waals surface area contributed by atoms with Gasteiger partial charge in [0.1, 0.15) is 12.1 Å². The molecular weight excluding hydrogens is 235 g/mol. The van der Waals surface area contributed by atoms with Gasteiger partial charge in [0.25, 0.3) is 0 Å². The van der Waals surface area contributed by atoms with Crippen molar-refractivity contribution in [3.63, 3.8) is 0 Å². The molecule has 5 heteroatoms. The number of halogens is 1. The number of nitrogens with two attached hydrogens (primary N) is 1. The molecule has 0 radical (unpaired) electrons. The standard InChI is InChI=1S/C13H17FN2O2/c1-16-13(12(15)17,9-6-7-9)8-18-11-5-3-2-4-10(11)14/h2-5,9,16H,6-8H2,1H3,(H2,15,17). The molecule has 0 bridgehead atoms. The van der Waals surface area contributed by atoms with E-state index in [1.54, 1.807) is 19.2 Å². The number of rotatable bonds is 6. The van der Waals surface area contributed by atoms with Gasteiger partial charge >= 0.3 is 0 Å². The highest BCUT2D eigenvalue weighted by Gasteiger charge is 2.49. The lowest BCUT2D eigenvalue weighted by molar-refractivity contribution is -0.126. The number of ether oxygens (including phenoxy) is 1. The van der Waals surface area contributed by atoms with Crippen molar-refractivity contribution in [2.75, 3.05) is 13.7 Å². The molecule has 0 heterocycles. The van der Waals surface area contributed by atoms with Gasteiger partial charge in [0.05, 0.1) is 0 Å². The number of para-hydroxylation sites is 1. The van der Waals surface area contributed by atoms with Crippen molar-refractivity contribution >= 4 is 5.91 Å². The number of carbonyl (C=O) groups is 1. The van der Waals surface area contributed by atoms with Crippen molar-refractivity contribution in [3.05, 3.63) is 30.1 Å². The summed E-state index contributed by atoms with van der Waals surface area (Å²) in [5.74, 6) is -0.586. The lowest BCUT2D eigenvalue weighted by Crippen LogP contribution is -2.59. The number of amides is 1. The zero-order valence-corrected chi connectivity index (χ0v) is 10.3. The zero-order valence-electron chi connectivity index (χ0n) is 10.3. The van der Waals surface area contributed by atoms with Gasteiger partial charge in [0.15, 0.2) is 11.6 Å². The van der Waals surface area contributed by atoms with Crippen molar-refractivity contribution in [2.45, 2.75) is 18.4 Å². The van der Waals surface area contributed by atoms with E-state index in [2.05, 4.69) is 5.32 Å². The Morgan fingerprint density at radius 2 is 2.22 bits per heavy atom. The van der Waals surface area contributed by atoms with Crippen molar-refractivity contribution in [3.8, 4) is 5.75 Å². The van der Waals surface area contributed by atoms with Gasteiger partial charge in [-0.1, -0.05) is 12.1 Å². The van der Waals surface area contributed by atoms with E-state index in [1.165, 1.54) is 12.1 Å². The number of benzene rings is 1. The minimum Gasteiger partial charge on any atom is -0.488 e. The average Bonchev–Trinajstić information content (AvgIpc) is 3.17. The molecule has 1 aliphatic rings. The number of carbonyl (C=O) groups excluding carboxylic acids is 1. The first-order valence-corrected chi connectivity index (χ1v) is 5.96. The molecule has 1 unspecified atom stereocenters. The summed E-state index contributed by atoms with van der Waals surface area (Å²) in [6.45, 7) is 0.0461. The fourth-order valence-electron chi connectivity index (χ4n) is 2.12. The van der Waals surface area contributed by atoms with Gasteiger partial charge < -0.3 is 15.8 Å². The predicted molar refractivity (Wildman–Crippen MR) is 65.6 cm³/mol. The molecule has 1 aromatic carbocycles. The third-order valence-electron chi connectivity index (χ3n) is 3.45. The van der Waals surface area contributed by atoms with Crippen LogP contribution in [0.1, 0.15) is 12.8 Å². The lowest BCUT2D eigenvalue weighted by atomic mass is 9.93. The maximum atomic E-state index is 13.4. The van der Waals surface area contributed by atoms with Gasteiger partial charge in [-0.3, -0.25) is 4.79 Å². The van der Waals surface area contributed by atoms with Gasteiger partial charge in [0.2, 0.25) is 5.91 Å². The molecule has 0 aliphatic heterocycles. The zero-order chi connectivity index (χ0) is 13.2. The van der Waals surface area contributed by atoms with Crippen LogP contribution in [0.15, 0.2) is 24.3 Å². The van der Waals surface area contributed by atoms with Gasteiger partial charge in [-0.05, 0) is 37.9 Å². The second-order valence-electron chi connectivity index (χ2n) is 4.58. The maximum Gasteiger partial charge on any atom is 0.241 e. The van der Waals surface area contributed by atoms with E-state index in [9.17, 15) is 9.18 Å². The Balaban J connectivity index is 2.11. The van der Waals surface area contributed by atoms with Crippen molar-refractivity contribution in [1.82, 2.24) is 5.32 Å². The molecule has 0 spiro atoms. The fraction of sp³-hybridized carbons (Fsp3) is 0.462. The second-order valence-corrected chi connectivity index (χ2v) is 4.58. The SMILES string of the molecule is CNC(COc1ccccc1F)(C(N)=O)C1CC1. The van der Waals surface area contributed by atoms with E-state index in [1.807, 2.05) is 0 Å². The summed E-state index contributed by atoms with van der Waals surface area (Å²) >= 11 is 0. The normalized spacial score (nSPS) is 18.1. The van der Waals surface area contributed by atoms with Crippen LogP contribution in [-0.2, 0) is 4.79 Å². The van der Waals surface area contributed by atoms with E-state index in [-0.39, 0.29) is 18.3 Å². The van der Waals surface area contributed by atoms with E-state index in [0.29, 0.717) is 0 Å². The van der Waals surface area contributed by atoms with Crippen LogP contribution in [-0.4, -0.2) is 25.1 Å². The summed E-state index contributed by atoms with van der Waals surface area (Å²) in [7, 11) is 1.67. The fourth-order valence-corrected chi connectivity index (χ4v) is 2.12. The molecule has 1 fully saturated rings. The van der Waals surface area contributed by atoms with Crippen LogP contribution >= 0.6 is 0 Å². The molecular formula is C13H17FN2O2. The first-order valence-electron chi connectivity index (χ1n) is 5.96. The molecule has 0 saturated heterocycles. The maximum absolute atomic E-state index is 13.4. The Morgan fingerprint density at radius 3 is 2.72 bits per heavy atom. The van der Waals surface area contributed by atoms with E-state index in [0.717, 1.165) is 12.8 Å². The lowest BCUT2D eigenvalue weighted by Gasteiger charge is -2.30. The van der Waals surface area contributed by atoms with Crippen molar-refractivity contribution < 1.29 is 13.9 Å². The molecule has 0 aromatic heterocycles. The van der Waals surface area contributed by atoms with Crippen LogP contribution in [0.4, 0.5) is 4.39 Å². The van der Waals surface area contributed by atoms with E-state index >= 15 is 0 Å². The van der Waals surface area contributed by atoms with E-state index < -0.39 is 17.3 Å². The van der Waals surface area contributed by atoms with Gasteiger partial charge in [-0.15, -0.1) is 0 Å². The number of hydrogen-bond donors (Lipinski definition) is 2. The van der Waals surface area contributed by atoms with Gasteiger partial charge in [-0.2, -0.15) is 0 Å². The quantitative estimate of drug-likeness (QED) is 0.795. The third kappa shape index (κ3) is 2.31. The van der Waals surface area contributed by atoms with Gasteiger partial charge in [0, 0.05) is 0 Å². The number of nitrogens with one attached hydrogen (secondary N) is 1. The Kier molecular flexibility index (Phi) is 3.52. The molecule has 3 N–H and O–H groups in total. The van der Waals surface area contributed by atoms with E-state index in [4.69, 9.17) is 10.5 Å². The van der Waals surface area contributed by atoms with Crippen LogP contribution in [0.25, 0.3) is 0 Å². The molecule has 4 nitrogen and oxygen atoms in total. The topological polar surface area (TPSA) is 64.3 Å².